The van der Waals surface area contributed by atoms with Crippen molar-refractivity contribution in [2.75, 3.05) is 81.9 Å². The smallest absolute Gasteiger partial charge is 0.416 e. The zero-order valence-electron chi connectivity index (χ0n) is 76.3. The highest BCUT2D eigenvalue weighted by Crippen LogP contribution is 2.51. The van der Waals surface area contributed by atoms with Gasteiger partial charge in [-0.25, -0.2) is 29.3 Å². The number of halogens is 18. The van der Waals surface area contributed by atoms with E-state index >= 15 is 0 Å². The van der Waals surface area contributed by atoms with Crippen LogP contribution in [-0.4, -0.2) is 162 Å². The minimum absolute atomic E-state index is 0.0496. The molecule has 3 aliphatic carbocycles. The minimum atomic E-state index is -5.04. The largest absolute Gasteiger partial charge is 0.496 e. The molecule has 2 N–H and O–H groups in total. The number of aromatic nitrogens is 3. The Morgan fingerprint density at radius 1 is 0.360 bits per heavy atom. The minimum Gasteiger partial charge on any atom is -0.496 e. The molecule has 6 aliphatic heterocycles. The molecule has 39 heteroatoms. The lowest BCUT2D eigenvalue weighted by molar-refractivity contribution is -0.144. The summed E-state index contributed by atoms with van der Waals surface area (Å²) in [6.45, 7) is 9.70. The summed E-state index contributed by atoms with van der Waals surface area (Å²) in [4.78, 5) is 64.5. The topological polar surface area (TPSA) is 214 Å². The van der Waals surface area contributed by atoms with Crippen molar-refractivity contribution in [3.05, 3.63) is 229 Å². The second-order valence-corrected chi connectivity index (χ2v) is 36.5. The highest BCUT2D eigenvalue weighted by atomic mass is 19.4. The van der Waals surface area contributed by atoms with Crippen molar-refractivity contribution in [1.82, 2.24) is 29.7 Å². The molecule has 744 valence electrons. The van der Waals surface area contributed by atoms with E-state index in [-0.39, 0.29) is 73.5 Å². The zero-order valence-corrected chi connectivity index (χ0v) is 76.3. The predicted molar refractivity (Wildman–Crippen MR) is 474 cm³/mol. The van der Waals surface area contributed by atoms with Crippen LogP contribution in [0.1, 0.15) is 212 Å². The van der Waals surface area contributed by atoms with Crippen molar-refractivity contribution in [2.24, 2.45) is 0 Å². The van der Waals surface area contributed by atoms with Crippen LogP contribution in [0.5, 0.6) is 17.2 Å². The summed E-state index contributed by atoms with van der Waals surface area (Å²) in [7, 11) is 4.72. The van der Waals surface area contributed by atoms with Crippen molar-refractivity contribution >= 4 is 35.7 Å². The molecule has 139 heavy (non-hydrogen) atoms. The summed E-state index contributed by atoms with van der Waals surface area (Å²) in [6, 6.07) is 29.9. The number of nitrogens with zero attached hydrogens (tertiary/aromatic N) is 9. The monoisotopic (exact) mass is 1960 g/mol. The standard InChI is InChI=1S/C34H35F6N3O4.2C33H33F6N3O4/c1-20-31(22-16-23(33(35,36)37)18-24(17-22)34(38,39)40)47-32(44)43(20)19-28-26(9-11-30(41-28)42-12-4-13-42)27-15-21(5-3-14-45-2)6-10-29(27)46-25-7-8-25;2*1-18-30(21-12-22(32(34,35)36)16-23(13-21)33(37,38)39)46-31(44)42(18)17-27-25(7-9-29(40-27)41-10-3-11-41)26-15-20(5-8-28(26)45-2)19-4-6-24(43)14-19/h6,9-11,15-18,20,25,31H,3-5,7-8,12-14,19H2,1-2H3;2*5,7-9,12-13,15-16,18-19,24,30,43H,3-4,6,10-11,14,17H2,1-2H3/t20-,31-;2*18-,19?,24?,30-/m000/s1. The van der Waals surface area contributed by atoms with E-state index in [1.54, 1.807) is 14.0 Å². The average molecular weight is 1960 g/mol. The Labute approximate surface area is 788 Å². The van der Waals surface area contributed by atoms with Gasteiger partial charge in [0, 0.05) is 86.4 Å². The number of cyclic esters (lactones) is 3. The van der Waals surface area contributed by atoms with Gasteiger partial charge in [-0.1, -0.05) is 18.2 Å². The van der Waals surface area contributed by atoms with E-state index in [1.165, 1.54) is 42.8 Å². The maximum Gasteiger partial charge on any atom is 0.416 e. The number of rotatable bonds is 25. The molecule has 9 aromatic rings. The summed E-state index contributed by atoms with van der Waals surface area (Å²) >= 11 is 0. The van der Waals surface area contributed by atoms with Crippen molar-refractivity contribution in [1.29, 1.82) is 0 Å². The van der Waals surface area contributed by atoms with Crippen LogP contribution in [0.3, 0.4) is 0 Å². The first-order chi connectivity index (χ1) is 65.8. The first-order valence-electron chi connectivity index (χ1n) is 45.8. The molecule has 3 aromatic heterocycles. The molecule has 0 spiro atoms. The molecule has 6 aromatic carbocycles. The van der Waals surface area contributed by atoms with Crippen molar-refractivity contribution in [3.8, 4) is 50.6 Å². The maximum absolute atomic E-state index is 13.6. The number of carbonyl (C=O) groups is 3. The van der Waals surface area contributed by atoms with Crippen molar-refractivity contribution in [3.63, 3.8) is 0 Å². The van der Waals surface area contributed by atoms with Crippen LogP contribution in [0.2, 0.25) is 0 Å². The number of ether oxygens (including phenoxy) is 7. The Kier molecular flexibility index (Phi) is 28.7. The molecule has 9 fully saturated rings. The summed E-state index contributed by atoms with van der Waals surface area (Å²) in [5.74, 6) is 4.16. The fraction of sp³-hybridized carbons (Fsp3) is 0.460. The number of pyridine rings is 3. The van der Waals surface area contributed by atoms with Gasteiger partial charge in [-0.15, -0.1) is 0 Å². The Hall–Kier alpha value is -12.0. The number of aryl methyl sites for hydroxylation is 1. The molecule has 10 atom stereocenters. The van der Waals surface area contributed by atoms with E-state index in [0.29, 0.717) is 148 Å². The Balaban J connectivity index is 0.000000151. The van der Waals surface area contributed by atoms with Gasteiger partial charge >= 0.3 is 55.3 Å². The van der Waals surface area contributed by atoms with E-state index in [2.05, 4.69) is 14.7 Å². The molecule has 21 nitrogen and oxygen atoms in total. The number of hydrogen-bond donors (Lipinski definition) is 2. The van der Waals surface area contributed by atoms with E-state index in [0.717, 1.165) is 119 Å². The summed E-state index contributed by atoms with van der Waals surface area (Å²) in [6.07, 6.45) is -26.8. The van der Waals surface area contributed by atoms with Gasteiger partial charge in [0.05, 0.1) is 121 Å². The van der Waals surface area contributed by atoms with Gasteiger partial charge in [-0.3, -0.25) is 14.7 Å². The number of amides is 3. The summed E-state index contributed by atoms with van der Waals surface area (Å²) in [5.41, 5.74) is -1.28. The SMILES string of the molecule is COCCCc1ccc(OC2CC2)c(-c2ccc(N3CCC3)nc2CN2C(=O)O[C@H](c3cc(C(F)(F)F)cc(C(F)(F)F)c3)[C@@H]2C)c1.COc1ccc(C2CCC(O)C2)cc1-c1ccc(N2CCC2)nc1CN1C(=O)O[C@H](c2cc(C(F)(F)F)cc(C(F)(F)F)c2)[C@@H]1C.COc1ccc(C2CCC(O)C2)cc1-c1ccc(N2CCC2)nc1CN1C(=O)O[C@H](c2cc(C(F)(F)F)cc(C(F)(F)F)c2)[C@@H]1C. The van der Waals surface area contributed by atoms with Crippen LogP contribution < -0.4 is 28.9 Å². The first kappa shape index (κ1) is 100.0. The maximum atomic E-state index is 13.6. The van der Waals surface area contributed by atoms with Gasteiger partial charge in [0.1, 0.15) is 53.0 Å². The summed E-state index contributed by atoms with van der Waals surface area (Å²) < 4.78 is 284. The predicted octanol–water partition coefficient (Wildman–Crippen LogP) is 23.6. The van der Waals surface area contributed by atoms with Gasteiger partial charge in [-0.2, -0.15) is 79.0 Å². The molecule has 0 radical (unpaired) electrons. The first-order valence-corrected chi connectivity index (χ1v) is 45.8. The van der Waals surface area contributed by atoms with E-state index in [1.807, 2.05) is 91.0 Å². The lowest BCUT2D eigenvalue weighted by atomic mass is 9.92. The number of methoxy groups -OCH3 is 3. The third-order valence-corrected chi connectivity index (χ3v) is 27.1. The molecule has 6 saturated heterocycles. The number of aliphatic hydroxyl groups excluding tert-OH is 2. The highest BCUT2D eigenvalue weighted by molar-refractivity contribution is 5.80. The van der Waals surface area contributed by atoms with Crippen LogP contribution in [0.25, 0.3) is 33.4 Å². The fourth-order valence-corrected chi connectivity index (χ4v) is 18.9. The third kappa shape index (κ3) is 22.4. The van der Waals surface area contributed by atoms with Crippen molar-refractivity contribution < 1.29 is 137 Å². The quantitative estimate of drug-likeness (QED) is 0.0309. The third-order valence-electron chi connectivity index (χ3n) is 27.1. The van der Waals surface area contributed by atoms with Crippen LogP contribution in [-0.2, 0) is 82.1 Å². The van der Waals surface area contributed by atoms with Crippen LogP contribution in [0, 0.1) is 0 Å². The highest BCUT2D eigenvalue weighted by Gasteiger charge is 2.49. The Morgan fingerprint density at radius 3 is 0.935 bits per heavy atom. The lowest BCUT2D eigenvalue weighted by Gasteiger charge is -2.33. The van der Waals surface area contributed by atoms with Crippen LogP contribution >= 0.6 is 0 Å². The molecule has 3 amide bonds. The number of anilines is 3. The average Bonchev–Trinajstić information content (AvgIpc) is 1.63. The van der Waals surface area contributed by atoms with Gasteiger partial charge < -0.3 is 58.1 Å². The molecular weight excluding hydrogens is 1860 g/mol. The van der Waals surface area contributed by atoms with Crippen LogP contribution in [0.15, 0.2) is 146 Å². The van der Waals surface area contributed by atoms with Gasteiger partial charge in [0.15, 0.2) is 0 Å². The summed E-state index contributed by atoms with van der Waals surface area (Å²) in [5, 5.41) is 20.3. The van der Waals surface area contributed by atoms with E-state index < -0.39 is 136 Å². The number of alkyl halides is 18. The van der Waals surface area contributed by atoms with Crippen LogP contribution in [0.4, 0.5) is 111 Å². The fourth-order valence-electron chi connectivity index (χ4n) is 18.9. The molecule has 18 rings (SSSR count). The van der Waals surface area contributed by atoms with Gasteiger partial charge in [0.2, 0.25) is 0 Å². The van der Waals surface area contributed by atoms with E-state index in [4.69, 9.17) is 48.1 Å². The Morgan fingerprint density at radius 2 is 0.669 bits per heavy atom. The molecule has 3 saturated carbocycles. The molecular formula is C100H101F18N9O12. The van der Waals surface area contributed by atoms with Gasteiger partial charge in [-0.05, 0) is 277 Å². The van der Waals surface area contributed by atoms with E-state index in [9.17, 15) is 104 Å². The second-order valence-electron chi connectivity index (χ2n) is 36.5. The number of carbonyl (C=O) groups excluding carboxylic acids is 3. The lowest BCUT2D eigenvalue weighted by Crippen LogP contribution is -2.38. The molecule has 0 bridgehead atoms. The van der Waals surface area contributed by atoms with Gasteiger partial charge in [0.25, 0.3) is 0 Å². The number of aliphatic hydroxyl groups is 2. The molecule has 4 unspecified atom stereocenters. The Bertz CT molecular complexity index is 5670. The number of hydrogen-bond acceptors (Lipinski definition) is 18. The normalized spacial score (nSPS) is 22.3. The zero-order chi connectivity index (χ0) is 99.4. The number of benzene rings is 6. The molecule has 9 heterocycles. The second kappa shape index (κ2) is 39.9. The molecule has 9 aliphatic rings. The van der Waals surface area contributed by atoms with Crippen molar-refractivity contribution in [2.45, 2.75) is 228 Å².